The van der Waals surface area contributed by atoms with Crippen LogP contribution in [0.5, 0.6) is 0 Å². The molecule has 0 bridgehead atoms. The number of ketones is 1. The molecule has 0 aromatic heterocycles. The lowest BCUT2D eigenvalue weighted by Gasteiger charge is -2.19. The predicted octanol–water partition coefficient (Wildman–Crippen LogP) is 2.74. The maximum atomic E-state index is 12.3. The monoisotopic (exact) mass is 369 g/mol. The summed E-state index contributed by atoms with van der Waals surface area (Å²) in [5.41, 5.74) is 3.76. The summed E-state index contributed by atoms with van der Waals surface area (Å²) in [4.78, 5) is 23.9. The molecule has 0 aliphatic heterocycles. The molecule has 5 nitrogen and oxygen atoms in total. The van der Waals surface area contributed by atoms with Gasteiger partial charge in [0.05, 0.1) is 6.10 Å². The molecule has 0 saturated heterocycles. The average molecular weight is 369 g/mol. The smallest absolute Gasteiger partial charge is 0.251 e. The van der Waals surface area contributed by atoms with Crippen LogP contribution in [0.2, 0.25) is 0 Å². The first-order chi connectivity index (χ1) is 13.0. The molecule has 0 spiro atoms. The number of hydrogen-bond acceptors (Lipinski definition) is 4. The Labute approximate surface area is 160 Å². The van der Waals surface area contributed by atoms with E-state index in [9.17, 15) is 14.7 Å². The molecule has 2 rings (SSSR count). The summed E-state index contributed by atoms with van der Waals surface area (Å²) in [5.74, 6) is -1.10. The van der Waals surface area contributed by atoms with Gasteiger partial charge in [-0.05, 0) is 48.6 Å². The van der Waals surface area contributed by atoms with Gasteiger partial charge in [0.1, 0.15) is 12.6 Å². The van der Waals surface area contributed by atoms with Gasteiger partial charge < -0.3 is 15.5 Å². The number of aryl methyl sites for hydroxylation is 1. The Morgan fingerprint density at radius 1 is 1.00 bits per heavy atom. The third kappa shape index (κ3) is 5.74. The van der Waals surface area contributed by atoms with Crippen LogP contribution in [0.4, 0.5) is 0 Å². The van der Waals surface area contributed by atoms with Crippen molar-refractivity contribution in [2.75, 3.05) is 6.61 Å². The van der Waals surface area contributed by atoms with Gasteiger partial charge in [0.25, 0.3) is 5.91 Å². The van der Waals surface area contributed by atoms with Gasteiger partial charge in [0.15, 0.2) is 5.78 Å². The van der Waals surface area contributed by atoms with Crippen molar-refractivity contribution >= 4 is 11.7 Å². The van der Waals surface area contributed by atoms with Crippen LogP contribution in [0.15, 0.2) is 48.5 Å². The lowest BCUT2D eigenvalue weighted by atomic mass is 10.0. The molecule has 0 heterocycles. The van der Waals surface area contributed by atoms with Gasteiger partial charge >= 0.3 is 0 Å². The number of aliphatic hydroxyl groups is 2. The van der Waals surface area contributed by atoms with Crippen LogP contribution in [0.25, 0.3) is 11.1 Å². The maximum Gasteiger partial charge on any atom is 0.251 e. The van der Waals surface area contributed by atoms with Crippen LogP contribution in [0.1, 0.15) is 42.6 Å². The highest BCUT2D eigenvalue weighted by atomic mass is 16.3. The highest BCUT2D eigenvalue weighted by Gasteiger charge is 2.25. The second-order valence-electron chi connectivity index (χ2n) is 6.69. The third-order valence-electron chi connectivity index (χ3n) is 4.53. The Bertz CT molecular complexity index is 751. The van der Waals surface area contributed by atoms with E-state index in [1.54, 1.807) is 12.1 Å². The quantitative estimate of drug-likeness (QED) is 0.634. The Balaban J connectivity index is 2.07. The van der Waals surface area contributed by atoms with Gasteiger partial charge in [-0.3, -0.25) is 9.59 Å². The maximum absolute atomic E-state index is 12.3. The van der Waals surface area contributed by atoms with Crippen molar-refractivity contribution < 1.29 is 19.8 Å². The largest absolute Gasteiger partial charge is 0.391 e. The fraction of sp³-hybridized carbons (Fsp3) is 0.364. The first-order valence-electron chi connectivity index (χ1n) is 9.28. The molecule has 2 aromatic rings. The van der Waals surface area contributed by atoms with Crippen LogP contribution in [0, 0.1) is 0 Å². The molecular formula is C22H27NO4. The molecule has 0 radical (unpaired) electrons. The minimum atomic E-state index is -1.13. The zero-order valence-electron chi connectivity index (χ0n) is 15.8. The summed E-state index contributed by atoms with van der Waals surface area (Å²) in [6.45, 7) is 2.84. The van der Waals surface area contributed by atoms with Crippen LogP contribution < -0.4 is 5.32 Å². The van der Waals surface area contributed by atoms with E-state index >= 15 is 0 Å². The van der Waals surface area contributed by atoms with Gasteiger partial charge in [0, 0.05) is 5.56 Å². The molecule has 2 aromatic carbocycles. The van der Waals surface area contributed by atoms with Crippen molar-refractivity contribution in [1.29, 1.82) is 0 Å². The normalized spacial score (nSPS) is 13.0. The van der Waals surface area contributed by atoms with E-state index in [4.69, 9.17) is 5.11 Å². The first kappa shape index (κ1) is 20.8. The van der Waals surface area contributed by atoms with Crippen LogP contribution in [-0.2, 0) is 11.2 Å². The van der Waals surface area contributed by atoms with Crippen LogP contribution in [-0.4, -0.2) is 40.7 Å². The number of rotatable bonds is 9. The molecule has 0 aliphatic rings. The lowest BCUT2D eigenvalue weighted by molar-refractivity contribution is -0.125. The van der Waals surface area contributed by atoms with Crippen molar-refractivity contribution in [2.45, 2.75) is 45.3 Å². The molecule has 144 valence electrons. The summed E-state index contributed by atoms with van der Waals surface area (Å²) < 4.78 is 0. The number of Topliss-reactive ketones (excluding diaryl/α,β-unsaturated/α-hetero) is 1. The Morgan fingerprint density at radius 2 is 1.56 bits per heavy atom. The van der Waals surface area contributed by atoms with E-state index in [1.165, 1.54) is 25.3 Å². The van der Waals surface area contributed by atoms with E-state index in [0.29, 0.717) is 5.56 Å². The van der Waals surface area contributed by atoms with Crippen molar-refractivity contribution in [3.8, 4) is 11.1 Å². The summed E-state index contributed by atoms with van der Waals surface area (Å²) in [5, 5.41) is 21.1. The Hall–Kier alpha value is -2.50. The lowest BCUT2D eigenvalue weighted by Crippen LogP contribution is -2.48. The number of benzene rings is 2. The molecule has 1 amide bonds. The minimum Gasteiger partial charge on any atom is -0.391 e. The van der Waals surface area contributed by atoms with Crippen molar-refractivity contribution in [2.24, 2.45) is 0 Å². The molecule has 0 saturated carbocycles. The minimum absolute atomic E-state index is 0.384. The average Bonchev–Trinajstić information content (AvgIpc) is 2.70. The molecule has 0 aliphatic carbocycles. The van der Waals surface area contributed by atoms with E-state index in [0.717, 1.165) is 17.5 Å². The van der Waals surface area contributed by atoms with Crippen molar-refractivity contribution in [3.63, 3.8) is 0 Å². The van der Waals surface area contributed by atoms with Gasteiger partial charge in [-0.25, -0.2) is 0 Å². The molecule has 2 atom stereocenters. The molecule has 5 heteroatoms. The van der Waals surface area contributed by atoms with Crippen LogP contribution >= 0.6 is 0 Å². The fourth-order valence-corrected chi connectivity index (χ4v) is 2.85. The zero-order chi connectivity index (χ0) is 19.8. The number of carbonyl (C=O) groups is 2. The van der Waals surface area contributed by atoms with E-state index in [1.807, 2.05) is 12.1 Å². The third-order valence-corrected chi connectivity index (χ3v) is 4.53. The molecular weight excluding hydrogens is 342 g/mol. The number of nitrogens with one attached hydrogen (secondary N) is 1. The highest BCUT2D eigenvalue weighted by Crippen LogP contribution is 2.21. The highest BCUT2D eigenvalue weighted by molar-refractivity contribution is 5.98. The van der Waals surface area contributed by atoms with Gasteiger partial charge in [-0.15, -0.1) is 0 Å². The second-order valence-corrected chi connectivity index (χ2v) is 6.69. The van der Waals surface area contributed by atoms with Gasteiger partial charge in [0.2, 0.25) is 0 Å². The zero-order valence-corrected chi connectivity index (χ0v) is 15.8. The van der Waals surface area contributed by atoms with E-state index in [-0.39, 0.29) is 0 Å². The Morgan fingerprint density at radius 3 is 2.04 bits per heavy atom. The summed E-state index contributed by atoms with van der Waals surface area (Å²) in [7, 11) is 0. The topological polar surface area (TPSA) is 86.6 Å². The van der Waals surface area contributed by atoms with Crippen molar-refractivity contribution in [1.82, 2.24) is 5.32 Å². The van der Waals surface area contributed by atoms with Gasteiger partial charge in [-0.1, -0.05) is 49.7 Å². The summed E-state index contributed by atoms with van der Waals surface area (Å²) in [6.07, 6.45) is 2.34. The fourth-order valence-electron chi connectivity index (χ4n) is 2.85. The number of carbonyl (C=O) groups excluding carboxylic acids is 2. The van der Waals surface area contributed by atoms with Crippen molar-refractivity contribution in [3.05, 3.63) is 59.7 Å². The van der Waals surface area contributed by atoms with Crippen LogP contribution in [0.3, 0.4) is 0 Å². The molecule has 0 unspecified atom stereocenters. The predicted molar refractivity (Wildman–Crippen MR) is 106 cm³/mol. The Kier molecular flexibility index (Phi) is 7.70. The SMILES string of the molecule is CCCCc1ccc(-c2ccc(C(=O)N[C@H](C(=O)CO)[C@@H](C)O)cc2)cc1. The number of aliphatic hydroxyl groups excluding tert-OH is 2. The van der Waals surface area contributed by atoms with E-state index in [2.05, 4.69) is 36.5 Å². The number of hydrogen-bond donors (Lipinski definition) is 3. The molecule has 0 fully saturated rings. The summed E-state index contributed by atoms with van der Waals surface area (Å²) >= 11 is 0. The summed E-state index contributed by atoms with van der Waals surface area (Å²) in [6, 6.07) is 14.3. The molecule has 27 heavy (non-hydrogen) atoms. The standard InChI is InChI=1S/C22H27NO4/c1-3-4-5-16-6-8-17(9-7-16)18-10-12-19(13-11-18)22(27)23-21(15(2)25)20(26)14-24/h6-13,15,21,24-25H,3-5,14H2,1-2H3,(H,23,27)/t15-,21+/m1/s1. The second kappa shape index (κ2) is 10.00. The van der Waals surface area contributed by atoms with E-state index < -0.39 is 30.4 Å². The first-order valence-corrected chi connectivity index (χ1v) is 9.28. The number of unbranched alkanes of at least 4 members (excludes halogenated alkanes) is 1. The van der Waals surface area contributed by atoms with Gasteiger partial charge in [-0.2, -0.15) is 0 Å². The number of amides is 1. The molecule has 3 N–H and O–H groups in total.